The van der Waals surface area contributed by atoms with Gasteiger partial charge in [-0.2, -0.15) is 0 Å². The number of aromatic nitrogens is 1. The highest BCUT2D eigenvalue weighted by Crippen LogP contribution is 2.47. The number of amides is 2. The number of benzene rings is 1. The minimum atomic E-state index is -1.02. The highest BCUT2D eigenvalue weighted by atomic mass is 19.2. The van der Waals surface area contributed by atoms with Crippen LogP contribution >= 0.6 is 0 Å². The van der Waals surface area contributed by atoms with E-state index in [4.69, 9.17) is 10.5 Å². The molecule has 0 radical (unpaired) electrons. The number of primary amides is 1. The van der Waals surface area contributed by atoms with Crippen LogP contribution in [0.5, 0.6) is 0 Å². The van der Waals surface area contributed by atoms with E-state index >= 15 is 0 Å². The number of nitrogens with two attached hydrogens (primary N) is 1. The van der Waals surface area contributed by atoms with Crippen LogP contribution in [-0.2, 0) is 9.53 Å². The van der Waals surface area contributed by atoms with E-state index in [0.29, 0.717) is 11.3 Å². The fourth-order valence-electron chi connectivity index (χ4n) is 3.79. The second-order valence-electron chi connectivity index (χ2n) is 7.81. The predicted octanol–water partition coefficient (Wildman–Crippen LogP) is 3.64. The third-order valence-corrected chi connectivity index (χ3v) is 5.66. The van der Waals surface area contributed by atoms with Crippen LogP contribution in [0.4, 0.5) is 14.5 Å². The molecule has 0 bridgehead atoms. The average molecular weight is 415 g/mol. The number of nitrogens with zero attached hydrogens (tertiary/aromatic N) is 1. The Hall–Kier alpha value is -3.13. The molecule has 1 aliphatic heterocycles. The topological polar surface area (TPSA) is 94.3 Å². The fourth-order valence-corrected chi connectivity index (χ4v) is 3.79. The van der Waals surface area contributed by atoms with Gasteiger partial charge >= 0.3 is 0 Å². The number of carbonyl (C=O) groups is 2. The number of halogens is 2. The molecule has 158 valence electrons. The Labute approximate surface area is 173 Å². The molecule has 30 heavy (non-hydrogen) atoms. The highest BCUT2D eigenvalue weighted by Gasteiger charge is 2.51. The molecule has 3 atom stereocenters. The van der Waals surface area contributed by atoms with Gasteiger partial charge < -0.3 is 15.8 Å². The maximum atomic E-state index is 14.4. The van der Waals surface area contributed by atoms with Crippen LogP contribution in [0.3, 0.4) is 0 Å². The van der Waals surface area contributed by atoms with E-state index in [1.807, 2.05) is 20.8 Å². The maximum Gasteiger partial charge on any atom is 0.267 e. The standard InChI is InChI=1S/C22H23F2N3O3/c1-5-13-14(6-7-15(23)18(13)24)17-11(2)22(3,4)30-19(17)21(29)27-12-8-9-26-16(10-12)20(25)28/h5-11,17,19H,1H2,2-4H3,(H2,25,28)(H,26,27,29)/t11-,17-,19+/m0/s1. The third-order valence-electron chi connectivity index (χ3n) is 5.66. The van der Waals surface area contributed by atoms with Crippen molar-refractivity contribution < 1.29 is 23.1 Å². The van der Waals surface area contributed by atoms with E-state index in [0.717, 1.165) is 6.07 Å². The lowest BCUT2D eigenvalue weighted by atomic mass is 9.76. The van der Waals surface area contributed by atoms with E-state index in [2.05, 4.69) is 16.9 Å². The van der Waals surface area contributed by atoms with E-state index in [-0.39, 0.29) is 17.2 Å². The van der Waals surface area contributed by atoms with Gasteiger partial charge in [-0.25, -0.2) is 8.78 Å². The normalized spacial score (nSPS) is 22.5. The number of pyridine rings is 1. The molecule has 1 aliphatic rings. The van der Waals surface area contributed by atoms with Crippen LogP contribution in [0, 0.1) is 17.6 Å². The maximum absolute atomic E-state index is 14.4. The molecule has 3 rings (SSSR count). The van der Waals surface area contributed by atoms with E-state index in [1.54, 1.807) is 0 Å². The molecule has 1 saturated heterocycles. The molecule has 2 heterocycles. The van der Waals surface area contributed by atoms with Gasteiger partial charge in [-0.05, 0) is 43.5 Å². The van der Waals surface area contributed by atoms with Crippen molar-refractivity contribution in [1.82, 2.24) is 4.98 Å². The van der Waals surface area contributed by atoms with Gasteiger partial charge in [0.25, 0.3) is 11.8 Å². The van der Waals surface area contributed by atoms with Crippen molar-refractivity contribution in [2.24, 2.45) is 11.7 Å². The quantitative estimate of drug-likeness (QED) is 0.780. The van der Waals surface area contributed by atoms with Gasteiger partial charge in [-0.3, -0.25) is 14.6 Å². The van der Waals surface area contributed by atoms with Gasteiger partial charge in [0.1, 0.15) is 11.8 Å². The van der Waals surface area contributed by atoms with Crippen molar-refractivity contribution in [1.29, 1.82) is 0 Å². The van der Waals surface area contributed by atoms with Gasteiger partial charge in [-0.1, -0.05) is 25.6 Å². The zero-order valence-corrected chi connectivity index (χ0v) is 16.9. The number of nitrogens with one attached hydrogen (secondary N) is 1. The van der Waals surface area contributed by atoms with Crippen LogP contribution in [0.2, 0.25) is 0 Å². The Bertz CT molecular complexity index is 1020. The molecule has 0 spiro atoms. The molecular weight excluding hydrogens is 392 g/mol. The monoisotopic (exact) mass is 415 g/mol. The van der Waals surface area contributed by atoms with Crippen molar-refractivity contribution >= 4 is 23.6 Å². The third kappa shape index (κ3) is 3.82. The summed E-state index contributed by atoms with van der Waals surface area (Å²) >= 11 is 0. The minimum Gasteiger partial charge on any atom is -0.364 e. The van der Waals surface area contributed by atoms with Crippen LogP contribution in [-0.4, -0.2) is 28.5 Å². The summed E-state index contributed by atoms with van der Waals surface area (Å²) in [6.07, 6.45) is 1.60. The van der Waals surface area contributed by atoms with Gasteiger partial charge in [0.15, 0.2) is 11.6 Å². The van der Waals surface area contributed by atoms with Crippen molar-refractivity contribution in [3.63, 3.8) is 0 Å². The zero-order valence-electron chi connectivity index (χ0n) is 16.9. The Morgan fingerprint density at radius 1 is 1.30 bits per heavy atom. The van der Waals surface area contributed by atoms with Gasteiger partial charge in [-0.15, -0.1) is 0 Å². The lowest BCUT2D eigenvalue weighted by molar-refractivity contribution is -0.131. The molecule has 0 saturated carbocycles. The van der Waals surface area contributed by atoms with E-state index in [9.17, 15) is 18.4 Å². The van der Waals surface area contributed by atoms with Crippen molar-refractivity contribution in [3.05, 3.63) is 65.5 Å². The van der Waals surface area contributed by atoms with Crippen LogP contribution in [0.15, 0.2) is 37.0 Å². The molecule has 1 aromatic heterocycles. The average Bonchev–Trinajstić information content (AvgIpc) is 2.93. The lowest BCUT2D eigenvalue weighted by Crippen LogP contribution is -2.33. The second-order valence-corrected chi connectivity index (χ2v) is 7.81. The molecule has 3 N–H and O–H groups in total. The summed E-state index contributed by atoms with van der Waals surface area (Å²) in [7, 11) is 0. The van der Waals surface area contributed by atoms with E-state index in [1.165, 1.54) is 30.5 Å². The zero-order chi connectivity index (χ0) is 22.2. The summed E-state index contributed by atoms with van der Waals surface area (Å²) in [5.41, 5.74) is 5.29. The predicted molar refractivity (Wildman–Crippen MR) is 109 cm³/mol. The molecule has 2 amide bonds. The highest BCUT2D eigenvalue weighted by molar-refractivity contribution is 5.97. The van der Waals surface area contributed by atoms with Gasteiger partial charge in [0.2, 0.25) is 0 Å². The fraction of sp³-hybridized carbons (Fsp3) is 0.318. The van der Waals surface area contributed by atoms with Gasteiger partial charge in [0.05, 0.1) is 5.60 Å². The molecule has 0 unspecified atom stereocenters. The molecule has 6 nitrogen and oxygen atoms in total. The summed E-state index contributed by atoms with van der Waals surface area (Å²) in [6.45, 7) is 9.16. The second kappa shape index (κ2) is 7.95. The van der Waals surface area contributed by atoms with Crippen molar-refractivity contribution in [2.45, 2.75) is 38.4 Å². The minimum absolute atomic E-state index is 0.0000579. The Morgan fingerprint density at radius 3 is 2.63 bits per heavy atom. The van der Waals surface area contributed by atoms with Crippen molar-refractivity contribution in [3.8, 4) is 0 Å². The van der Waals surface area contributed by atoms with Gasteiger partial charge in [0, 0.05) is 23.4 Å². The number of hydrogen-bond acceptors (Lipinski definition) is 4. The number of carbonyl (C=O) groups excluding carboxylic acids is 2. The van der Waals surface area contributed by atoms with E-state index < -0.39 is 41.1 Å². The van der Waals surface area contributed by atoms with Crippen LogP contribution in [0.25, 0.3) is 6.08 Å². The molecule has 0 aliphatic carbocycles. The first kappa shape index (κ1) is 21.6. The summed E-state index contributed by atoms with van der Waals surface area (Å²) in [5, 5.41) is 2.70. The van der Waals surface area contributed by atoms with Crippen LogP contribution in [0.1, 0.15) is 48.3 Å². The first-order valence-corrected chi connectivity index (χ1v) is 9.41. The van der Waals surface area contributed by atoms with Crippen molar-refractivity contribution in [2.75, 3.05) is 5.32 Å². The molecule has 2 aromatic rings. The number of anilines is 1. The smallest absolute Gasteiger partial charge is 0.267 e. The number of ether oxygens (including phenoxy) is 1. The molecule has 1 fully saturated rings. The summed E-state index contributed by atoms with van der Waals surface area (Å²) < 4.78 is 34.2. The lowest BCUT2D eigenvalue weighted by Gasteiger charge is -2.25. The Morgan fingerprint density at radius 2 is 2.00 bits per heavy atom. The first-order chi connectivity index (χ1) is 14.1. The van der Waals surface area contributed by atoms with Crippen LogP contribution < -0.4 is 11.1 Å². The largest absolute Gasteiger partial charge is 0.364 e. The first-order valence-electron chi connectivity index (χ1n) is 9.41. The molecule has 1 aromatic carbocycles. The number of hydrogen-bond donors (Lipinski definition) is 2. The number of rotatable bonds is 5. The Kier molecular flexibility index (Phi) is 5.72. The molecular formula is C22H23F2N3O3. The summed E-state index contributed by atoms with van der Waals surface area (Å²) in [5.74, 6) is -3.97. The SMILES string of the molecule is C=Cc1c([C@H]2[C@H](C(=O)Nc3ccnc(C(N)=O)c3)OC(C)(C)[C@H]2C)ccc(F)c1F. The summed E-state index contributed by atoms with van der Waals surface area (Å²) in [4.78, 5) is 28.3. The summed E-state index contributed by atoms with van der Waals surface area (Å²) in [6, 6.07) is 5.35. The Balaban J connectivity index is 1.99. The molecule has 8 heteroatoms.